The average Bonchev–Trinajstić information content (AvgIpc) is 3.27. The Kier molecular flexibility index (Phi) is 2.70. The molecule has 4 fully saturated rings. The zero-order valence-electron chi connectivity index (χ0n) is 11.4. The summed E-state index contributed by atoms with van der Waals surface area (Å²) in [6.45, 7) is 2.38. The van der Waals surface area contributed by atoms with E-state index in [2.05, 4.69) is 20.9 Å². The Hall–Kier alpha value is -0.160. The largest absolute Gasteiger partial charge is 0.232 e. The summed E-state index contributed by atoms with van der Waals surface area (Å²) in [7, 11) is 0. The van der Waals surface area contributed by atoms with E-state index in [1.54, 1.807) is 0 Å². The highest BCUT2D eigenvalue weighted by atomic mass is 15.8. The smallest absolute Gasteiger partial charge is 0.0974 e. The van der Waals surface area contributed by atoms with Crippen LogP contribution in [0, 0.1) is 0 Å². The standard InChI is InChI=1S/C14H26N4/c1-3-7-13(8-4-1)15-17(13)11-12-18-14(16-18)9-5-2-6-10-14/h15-16H,1-12H2/t17-,18?/m1/s1. The molecule has 0 amide bonds. The van der Waals surface area contributed by atoms with Gasteiger partial charge in [0.1, 0.15) is 0 Å². The van der Waals surface area contributed by atoms with Crippen molar-refractivity contribution in [2.24, 2.45) is 0 Å². The summed E-state index contributed by atoms with van der Waals surface area (Å²) in [6, 6.07) is 0. The van der Waals surface area contributed by atoms with E-state index in [1.807, 2.05) is 0 Å². The molecular formula is C14H26N4. The predicted octanol–water partition coefficient (Wildman–Crippen LogP) is 1.95. The van der Waals surface area contributed by atoms with Crippen LogP contribution in [0.3, 0.4) is 0 Å². The lowest BCUT2D eigenvalue weighted by Gasteiger charge is -2.21. The zero-order valence-corrected chi connectivity index (χ0v) is 11.4. The van der Waals surface area contributed by atoms with Gasteiger partial charge in [0.05, 0.1) is 11.3 Å². The molecule has 1 unspecified atom stereocenters. The van der Waals surface area contributed by atoms with Gasteiger partial charge in [-0.2, -0.15) is 0 Å². The molecule has 18 heavy (non-hydrogen) atoms. The molecular weight excluding hydrogens is 224 g/mol. The maximum absolute atomic E-state index is 3.64. The Morgan fingerprint density at radius 2 is 1.00 bits per heavy atom. The molecule has 2 heterocycles. The van der Waals surface area contributed by atoms with Gasteiger partial charge < -0.3 is 0 Å². The van der Waals surface area contributed by atoms with Crippen LogP contribution < -0.4 is 10.9 Å². The van der Waals surface area contributed by atoms with Gasteiger partial charge in [0.15, 0.2) is 0 Å². The molecule has 2 spiro atoms. The van der Waals surface area contributed by atoms with Gasteiger partial charge >= 0.3 is 0 Å². The molecule has 0 radical (unpaired) electrons. The van der Waals surface area contributed by atoms with Crippen LogP contribution in [0.15, 0.2) is 0 Å². The van der Waals surface area contributed by atoms with Gasteiger partial charge in [0.25, 0.3) is 0 Å². The van der Waals surface area contributed by atoms with E-state index in [4.69, 9.17) is 0 Å². The van der Waals surface area contributed by atoms with E-state index >= 15 is 0 Å². The van der Waals surface area contributed by atoms with Gasteiger partial charge in [0, 0.05) is 13.1 Å². The van der Waals surface area contributed by atoms with Crippen molar-refractivity contribution in [3.05, 3.63) is 0 Å². The second-order valence-electron chi connectivity index (χ2n) is 6.71. The maximum atomic E-state index is 3.64. The first-order valence-electron chi connectivity index (χ1n) is 7.94. The van der Waals surface area contributed by atoms with Crippen molar-refractivity contribution in [3.8, 4) is 0 Å². The van der Waals surface area contributed by atoms with Gasteiger partial charge in [-0.3, -0.25) is 0 Å². The molecule has 2 N–H and O–H groups in total. The summed E-state index contributed by atoms with van der Waals surface area (Å²) in [5, 5.41) is 5.01. The second-order valence-corrected chi connectivity index (χ2v) is 6.71. The predicted molar refractivity (Wildman–Crippen MR) is 71.3 cm³/mol. The minimum Gasteiger partial charge on any atom is -0.232 e. The van der Waals surface area contributed by atoms with Crippen LogP contribution in [0.4, 0.5) is 0 Å². The molecule has 4 rings (SSSR count). The van der Waals surface area contributed by atoms with Crippen molar-refractivity contribution in [3.63, 3.8) is 0 Å². The molecule has 0 aromatic heterocycles. The Balaban J connectivity index is 1.24. The number of hydrazine groups is 2. The van der Waals surface area contributed by atoms with Gasteiger partial charge in [-0.15, -0.1) is 0 Å². The van der Waals surface area contributed by atoms with E-state index in [0.29, 0.717) is 11.3 Å². The average molecular weight is 250 g/mol. The molecule has 2 saturated heterocycles. The van der Waals surface area contributed by atoms with Gasteiger partial charge in [-0.25, -0.2) is 20.9 Å². The molecule has 0 aromatic rings. The number of rotatable bonds is 3. The van der Waals surface area contributed by atoms with Crippen LogP contribution in [0.2, 0.25) is 0 Å². The van der Waals surface area contributed by atoms with Crippen molar-refractivity contribution in [1.29, 1.82) is 0 Å². The van der Waals surface area contributed by atoms with Crippen molar-refractivity contribution in [2.45, 2.75) is 75.5 Å². The lowest BCUT2D eigenvalue weighted by molar-refractivity contribution is 0.267. The third-order valence-electron chi connectivity index (χ3n) is 5.53. The summed E-state index contributed by atoms with van der Waals surface area (Å²) in [6.07, 6.45) is 14.0. The number of nitrogens with zero attached hydrogens (tertiary/aromatic N) is 2. The molecule has 4 nitrogen and oxygen atoms in total. The van der Waals surface area contributed by atoms with Gasteiger partial charge in [-0.05, 0) is 25.7 Å². The van der Waals surface area contributed by atoms with Crippen LogP contribution in [-0.4, -0.2) is 34.4 Å². The van der Waals surface area contributed by atoms with Crippen LogP contribution in [-0.2, 0) is 0 Å². The zero-order chi connectivity index (χ0) is 12.1. The minimum absolute atomic E-state index is 0.425. The molecule has 2 saturated carbocycles. The van der Waals surface area contributed by atoms with Crippen LogP contribution in [0.25, 0.3) is 0 Å². The van der Waals surface area contributed by atoms with Crippen LogP contribution in [0.5, 0.6) is 0 Å². The Labute approximate surface area is 110 Å². The van der Waals surface area contributed by atoms with Gasteiger partial charge in [0.2, 0.25) is 0 Å². The lowest BCUT2D eigenvalue weighted by atomic mass is 9.92. The molecule has 0 bridgehead atoms. The lowest BCUT2D eigenvalue weighted by Crippen LogP contribution is -2.28. The minimum atomic E-state index is 0.425. The summed E-state index contributed by atoms with van der Waals surface area (Å²) in [4.78, 5) is 0. The molecule has 0 aromatic carbocycles. The normalized spacial score (nSPS) is 40.0. The molecule has 4 heteroatoms. The fraction of sp³-hybridized carbons (Fsp3) is 1.00. The molecule has 2 aliphatic heterocycles. The molecule has 102 valence electrons. The third-order valence-corrected chi connectivity index (χ3v) is 5.53. The quantitative estimate of drug-likeness (QED) is 0.752. The highest BCUT2D eigenvalue weighted by Gasteiger charge is 2.54. The number of hydrogen-bond acceptors (Lipinski definition) is 4. The molecule has 2 aliphatic carbocycles. The number of hydrogen-bond donors (Lipinski definition) is 2. The SMILES string of the molecule is C1CCC2(CC1)NN2CC[N@@]1NC12CCCCC2. The highest BCUT2D eigenvalue weighted by Crippen LogP contribution is 2.42. The van der Waals surface area contributed by atoms with Crippen molar-refractivity contribution >= 4 is 0 Å². The first-order valence-corrected chi connectivity index (χ1v) is 7.94. The Morgan fingerprint density at radius 1 is 0.611 bits per heavy atom. The van der Waals surface area contributed by atoms with Crippen molar-refractivity contribution in [2.75, 3.05) is 13.1 Å². The third kappa shape index (κ3) is 1.90. The van der Waals surface area contributed by atoms with E-state index in [0.717, 1.165) is 0 Å². The molecule has 2 atom stereocenters. The summed E-state index contributed by atoms with van der Waals surface area (Å²) < 4.78 is 0. The Morgan fingerprint density at radius 3 is 1.39 bits per heavy atom. The second kappa shape index (κ2) is 4.17. The Bertz CT molecular complexity index is 286. The fourth-order valence-corrected chi connectivity index (χ4v) is 4.23. The summed E-state index contributed by atoms with van der Waals surface area (Å²) in [5.41, 5.74) is 8.12. The van der Waals surface area contributed by atoms with E-state index in [9.17, 15) is 0 Å². The highest BCUT2D eigenvalue weighted by molar-refractivity contribution is 5.03. The fourth-order valence-electron chi connectivity index (χ4n) is 4.23. The van der Waals surface area contributed by atoms with Gasteiger partial charge in [-0.1, -0.05) is 38.5 Å². The van der Waals surface area contributed by atoms with E-state index in [-0.39, 0.29) is 0 Å². The summed E-state index contributed by atoms with van der Waals surface area (Å²) in [5.74, 6) is 0. The topological polar surface area (TPSA) is 49.9 Å². The number of nitrogens with one attached hydrogen (secondary N) is 2. The first-order chi connectivity index (χ1) is 8.83. The van der Waals surface area contributed by atoms with Crippen LogP contribution >= 0.6 is 0 Å². The summed E-state index contributed by atoms with van der Waals surface area (Å²) >= 11 is 0. The van der Waals surface area contributed by atoms with E-state index < -0.39 is 0 Å². The van der Waals surface area contributed by atoms with Crippen molar-refractivity contribution in [1.82, 2.24) is 20.9 Å². The monoisotopic (exact) mass is 250 g/mol. The van der Waals surface area contributed by atoms with Crippen molar-refractivity contribution < 1.29 is 0 Å². The van der Waals surface area contributed by atoms with Crippen LogP contribution in [0.1, 0.15) is 64.2 Å². The molecule has 4 aliphatic rings. The maximum Gasteiger partial charge on any atom is 0.0974 e. The first kappa shape index (κ1) is 11.6. The van der Waals surface area contributed by atoms with E-state index in [1.165, 1.54) is 77.3 Å².